The molecule has 2 heterocycles. The predicted molar refractivity (Wildman–Crippen MR) is 267 cm³/mol. The van der Waals surface area contributed by atoms with E-state index in [1.165, 1.54) is 44.8 Å². The fourth-order valence-corrected chi connectivity index (χ4v) is 13.0. The van der Waals surface area contributed by atoms with Gasteiger partial charge in [0.05, 0.1) is 41.6 Å². The molecule has 0 radical (unpaired) electrons. The van der Waals surface area contributed by atoms with E-state index in [0.29, 0.717) is 38.7 Å². The second-order valence-electron chi connectivity index (χ2n) is 20.7. The van der Waals surface area contributed by atoms with Crippen molar-refractivity contribution >= 4 is 33.1 Å². The molecule has 2 aliphatic heterocycles. The lowest BCUT2D eigenvalue weighted by molar-refractivity contribution is -0.438. The minimum absolute atomic E-state index is 0.0369. The Hall–Kier alpha value is -4.56. The molecule has 0 fully saturated rings. The lowest BCUT2D eigenvalue weighted by atomic mass is 9.80. The molecule has 65 heavy (non-hydrogen) atoms. The highest BCUT2D eigenvalue weighted by atomic mass is 32.2. The normalized spacial score (nSPS) is 22.2. The Morgan fingerprint density at radius 2 is 1.43 bits per heavy atom. The molecule has 3 amide bonds. The van der Waals surface area contributed by atoms with Crippen molar-refractivity contribution in [1.29, 1.82) is 0 Å². The Kier molecular flexibility index (Phi) is 16.4. The third-order valence-corrected chi connectivity index (χ3v) is 16.1. The number of carbonyl (C=O) groups is 2. The summed E-state index contributed by atoms with van der Waals surface area (Å²) in [5.74, 6) is 7.38. The number of rotatable bonds is 18. The van der Waals surface area contributed by atoms with E-state index < -0.39 is 26.6 Å². The van der Waals surface area contributed by atoms with Crippen molar-refractivity contribution in [3.05, 3.63) is 112 Å². The molecule has 0 bridgehead atoms. The minimum atomic E-state index is -2.76. The van der Waals surface area contributed by atoms with E-state index in [2.05, 4.69) is 145 Å². The molecule has 0 saturated carbocycles. The number of urea groups is 1. The number of benzene rings is 2. The van der Waals surface area contributed by atoms with Gasteiger partial charge < -0.3 is 20.1 Å². The summed E-state index contributed by atoms with van der Waals surface area (Å²) in [7, 11) is -2.76. The molecule has 4 aliphatic rings. The van der Waals surface area contributed by atoms with Crippen molar-refractivity contribution in [1.82, 2.24) is 10.6 Å². The third kappa shape index (κ3) is 13.1. The number of amides is 3. The Bertz CT molecular complexity index is 2400. The smallest absolute Gasteiger partial charge is 0.349 e. The van der Waals surface area contributed by atoms with Crippen LogP contribution < -0.4 is 10.6 Å². The molecule has 9 nitrogen and oxygen atoms in total. The maximum atomic E-state index is 13.5. The predicted octanol–water partition coefficient (Wildman–Crippen LogP) is 10.6. The van der Waals surface area contributed by atoms with Crippen LogP contribution in [0.5, 0.6) is 0 Å². The Morgan fingerprint density at radius 1 is 0.785 bits per heavy atom. The summed E-state index contributed by atoms with van der Waals surface area (Å²) in [5, 5.41) is 5.66. The van der Waals surface area contributed by atoms with Crippen LogP contribution in [0, 0.1) is 22.7 Å². The van der Waals surface area contributed by atoms with Crippen molar-refractivity contribution in [2.24, 2.45) is 15.2 Å². The second-order valence-corrected chi connectivity index (χ2v) is 23.0. The fourth-order valence-electron chi connectivity index (χ4n) is 10.0. The molecule has 2 aliphatic carbocycles. The van der Waals surface area contributed by atoms with Crippen LogP contribution in [-0.2, 0) is 34.8 Å². The molecule has 0 aromatic heterocycles. The molecule has 0 spiro atoms. The van der Waals surface area contributed by atoms with Crippen LogP contribution in [0.3, 0.4) is 0 Å². The summed E-state index contributed by atoms with van der Waals surface area (Å²) in [6.45, 7) is 22.5. The Balaban J connectivity index is 0.899. The first-order chi connectivity index (χ1) is 30.8. The van der Waals surface area contributed by atoms with Gasteiger partial charge in [-0.05, 0) is 95.9 Å². The van der Waals surface area contributed by atoms with Gasteiger partial charge in [0.15, 0.2) is 5.71 Å². The molecule has 2 N–H and O–H groups in total. The minimum Gasteiger partial charge on any atom is -0.377 e. The van der Waals surface area contributed by atoms with E-state index in [9.17, 15) is 13.8 Å². The van der Waals surface area contributed by atoms with Gasteiger partial charge in [0.1, 0.15) is 6.54 Å². The number of allylic oxidation sites excluding steroid dienone is 8. The molecule has 2 aromatic rings. The first-order valence-corrected chi connectivity index (χ1v) is 25.8. The van der Waals surface area contributed by atoms with Crippen LogP contribution in [-0.4, -0.2) is 84.0 Å². The molecule has 1 atom stereocenters. The first kappa shape index (κ1) is 49.9. The number of fused-ring (bicyclic) bond motifs is 2. The van der Waals surface area contributed by atoms with Gasteiger partial charge in [-0.15, -0.1) is 4.36 Å². The highest BCUT2D eigenvalue weighted by molar-refractivity contribution is 7.94. The van der Waals surface area contributed by atoms with Crippen molar-refractivity contribution in [3.63, 3.8) is 0 Å². The average molecular weight is 904 g/mol. The van der Waals surface area contributed by atoms with E-state index in [0.717, 1.165) is 45.1 Å². The Morgan fingerprint density at radius 3 is 2.12 bits per heavy atom. The van der Waals surface area contributed by atoms with Crippen LogP contribution in [0.25, 0.3) is 0 Å². The number of unbranched alkanes of at least 4 members (excludes halogenated alkanes) is 2. The van der Waals surface area contributed by atoms with E-state index in [1.807, 2.05) is 27.7 Å². The topological polar surface area (TPSA) is 109 Å². The van der Waals surface area contributed by atoms with Crippen LogP contribution in [0.4, 0.5) is 10.5 Å². The lowest BCUT2D eigenvalue weighted by Gasteiger charge is -2.23. The zero-order valence-electron chi connectivity index (χ0n) is 40.7. The van der Waals surface area contributed by atoms with Gasteiger partial charge in [0, 0.05) is 77.3 Å². The number of nitrogens with one attached hydrogen (secondary N) is 2. The van der Waals surface area contributed by atoms with Gasteiger partial charge in [-0.25, -0.2) is 9.00 Å². The van der Waals surface area contributed by atoms with Crippen LogP contribution >= 0.6 is 0 Å². The monoisotopic (exact) mass is 904 g/mol. The molecule has 6 rings (SSSR count). The SMILES string of the molecule is CC1/C(=C/C=C2C=C(/C=C/C3=[N+](CCCCCC(=O)NCCOCCOCCNC(=O)N=S4(=O)CC(C)(C)C#CC(C)(C)C4)c4ccccc4C3(C)C)CCC/2)C(C)(C)c2ccccc21. The number of nitrogens with zero attached hydrogens (tertiary/aromatic N) is 2. The Labute approximate surface area is 390 Å². The van der Waals surface area contributed by atoms with Gasteiger partial charge in [-0.2, -0.15) is 4.58 Å². The maximum absolute atomic E-state index is 13.5. The average Bonchev–Trinajstić information content (AvgIpc) is 3.54. The van der Waals surface area contributed by atoms with Gasteiger partial charge in [-0.3, -0.25) is 4.79 Å². The number of hydrogen-bond donors (Lipinski definition) is 2. The van der Waals surface area contributed by atoms with Gasteiger partial charge in [0.2, 0.25) is 11.6 Å². The van der Waals surface area contributed by atoms with Crippen molar-refractivity contribution < 1.29 is 27.8 Å². The van der Waals surface area contributed by atoms with E-state index >= 15 is 0 Å². The zero-order chi connectivity index (χ0) is 46.9. The van der Waals surface area contributed by atoms with E-state index in [-0.39, 0.29) is 41.4 Å². The highest BCUT2D eigenvalue weighted by Gasteiger charge is 2.44. The highest BCUT2D eigenvalue weighted by Crippen LogP contribution is 2.50. The summed E-state index contributed by atoms with van der Waals surface area (Å²) >= 11 is 0. The number of ether oxygens (including phenoxy) is 2. The summed E-state index contributed by atoms with van der Waals surface area (Å²) in [6.07, 6.45) is 18.5. The zero-order valence-corrected chi connectivity index (χ0v) is 41.6. The quantitative estimate of drug-likeness (QED) is 0.0880. The molecule has 0 saturated heterocycles. The summed E-state index contributed by atoms with van der Waals surface area (Å²) in [4.78, 5) is 25.1. The van der Waals surface area contributed by atoms with E-state index in [4.69, 9.17) is 9.47 Å². The second kappa shape index (κ2) is 21.4. The fraction of sp³-hybridized carbons (Fsp3) is 0.545. The standard InChI is InChI=1S/C55H74N4O5S/c1-41-44-20-12-13-21-46(44)54(6,7)45(41)27-25-42-18-17-19-43(38-42)26-28-49-55(8,9)47-22-14-15-23-48(47)59(49)33-16-10-11-24-50(60)56-31-34-63-36-37-64-35-32-57-51(61)58-65(62)39-52(2,3)29-30-53(4,5)40-65/h12-15,20-23,25-28,38,41H,10-11,16-19,24,31-37,39-40H2,1-9H3,(H-,56,57,60,61)/p+1/b28-26+,42-25+,45-27-. The molecule has 10 heteroatoms. The van der Waals surface area contributed by atoms with Crippen LogP contribution in [0.2, 0.25) is 0 Å². The molecule has 350 valence electrons. The number of para-hydroxylation sites is 1. The summed E-state index contributed by atoms with van der Waals surface area (Å²) in [5.41, 5.74) is 10.1. The number of hydrogen-bond acceptors (Lipinski definition) is 5. The van der Waals surface area contributed by atoms with Gasteiger partial charge in [-0.1, -0.05) is 105 Å². The van der Waals surface area contributed by atoms with Crippen molar-refractivity contribution in [3.8, 4) is 11.8 Å². The maximum Gasteiger partial charge on any atom is 0.349 e. The van der Waals surface area contributed by atoms with Crippen molar-refractivity contribution in [2.45, 2.75) is 124 Å². The van der Waals surface area contributed by atoms with Gasteiger partial charge in [0.25, 0.3) is 0 Å². The summed E-state index contributed by atoms with van der Waals surface area (Å²) in [6, 6.07) is 17.1. The molecule has 2 aromatic carbocycles. The number of carbonyl (C=O) groups excluding carboxylic acids is 2. The van der Waals surface area contributed by atoms with Crippen molar-refractivity contribution in [2.75, 3.05) is 57.6 Å². The molecular weight excluding hydrogens is 829 g/mol. The first-order valence-electron chi connectivity index (χ1n) is 23.9. The largest absolute Gasteiger partial charge is 0.377 e. The molecule has 1 unspecified atom stereocenters. The lowest BCUT2D eigenvalue weighted by Crippen LogP contribution is -2.31. The van der Waals surface area contributed by atoms with E-state index in [1.54, 1.807) is 0 Å². The van der Waals surface area contributed by atoms with Gasteiger partial charge >= 0.3 is 6.03 Å². The summed E-state index contributed by atoms with van der Waals surface area (Å²) < 4.78 is 31.3. The van der Waals surface area contributed by atoms with Crippen LogP contribution in [0.15, 0.2) is 100.0 Å². The third-order valence-electron chi connectivity index (χ3n) is 13.2. The molecular formula is C55H75N4O5S+. The van der Waals surface area contributed by atoms with Crippen LogP contribution in [0.1, 0.15) is 130 Å².